The van der Waals surface area contributed by atoms with Crippen molar-refractivity contribution in [1.82, 2.24) is 0 Å². The van der Waals surface area contributed by atoms with Gasteiger partial charge in [0, 0.05) is 6.54 Å². The molecule has 2 aromatic rings. The molecule has 0 aliphatic carbocycles. The van der Waals surface area contributed by atoms with Crippen LogP contribution in [-0.4, -0.2) is 29.1 Å². The topological polar surface area (TPSA) is 83.6 Å². The van der Waals surface area contributed by atoms with Crippen molar-refractivity contribution >= 4 is 31.4 Å². The Labute approximate surface area is 146 Å². The first kappa shape index (κ1) is 17.7. The van der Waals surface area contributed by atoms with Gasteiger partial charge in [0.25, 0.3) is 10.0 Å². The maximum atomic E-state index is 13.2. The minimum absolute atomic E-state index is 0.0325. The van der Waals surface area contributed by atoms with E-state index >= 15 is 0 Å². The van der Waals surface area contributed by atoms with Gasteiger partial charge < -0.3 is 0 Å². The number of nitrogens with zero attached hydrogens (tertiary/aromatic N) is 1. The Hall–Kier alpha value is -2.13. The fraction of sp³-hybridized carbons (Fsp3) is 0.250. The summed E-state index contributed by atoms with van der Waals surface area (Å²) >= 11 is 0. The van der Waals surface area contributed by atoms with Crippen LogP contribution in [-0.2, 0) is 20.0 Å². The first-order valence-corrected chi connectivity index (χ1v) is 10.8. The van der Waals surface area contributed by atoms with Crippen LogP contribution in [0.15, 0.2) is 53.4 Å². The maximum absolute atomic E-state index is 13.2. The molecule has 0 saturated carbocycles. The predicted molar refractivity (Wildman–Crippen MR) is 94.0 cm³/mol. The van der Waals surface area contributed by atoms with Gasteiger partial charge in [-0.15, -0.1) is 0 Å². The van der Waals surface area contributed by atoms with E-state index in [4.69, 9.17) is 0 Å². The van der Waals surface area contributed by atoms with Gasteiger partial charge in [0.05, 0.1) is 22.0 Å². The van der Waals surface area contributed by atoms with Crippen molar-refractivity contribution < 1.29 is 21.2 Å². The molecule has 25 heavy (non-hydrogen) atoms. The summed E-state index contributed by atoms with van der Waals surface area (Å²) in [6.45, 7) is 0.385. The zero-order chi connectivity index (χ0) is 18.1. The van der Waals surface area contributed by atoms with Gasteiger partial charge in [0.1, 0.15) is 5.82 Å². The van der Waals surface area contributed by atoms with Crippen LogP contribution in [0.2, 0.25) is 0 Å². The molecular formula is C16H17FN2O4S2. The molecule has 0 aromatic heterocycles. The second kappa shape index (κ2) is 6.64. The molecule has 1 saturated heterocycles. The lowest BCUT2D eigenvalue weighted by Crippen LogP contribution is -2.37. The molecule has 0 spiro atoms. The van der Waals surface area contributed by atoms with Crippen LogP contribution in [0.25, 0.3) is 0 Å². The van der Waals surface area contributed by atoms with E-state index in [1.807, 2.05) is 0 Å². The number of anilines is 2. The van der Waals surface area contributed by atoms with E-state index in [1.54, 1.807) is 0 Å². The van der Waals surface area contributed by atoms with Crippen molar-refractivity contribution in [3.63, 3.8) is 0 Å². The molecule has 1 aliphatic rings. The number of hydrogen-bond donors (Lipinski definition) is 1. The summed E-state index contributed by atoms with van der Waals surface area (Å²) in [5.74, 6) is -0.459. The van der Waals surface area contributed by atoms with Crippen molar-refractivity contribution in [1.29, 1.82) is 0 Å². The van der Waals surface area contributed by atoms with Crippen LogP contribution in [0, 0.1) is 5.82 Å². The van der Waals surface area contributed by atoms with E-state index in [9.17, 15) is 21.2 Å². The molecule has 0 amide bonds. The van der Waals surface area contributed by atoms with E-state index < -0.39 is 25.9 Å². The minimum Gasteiger partial charge on any atom is -0.280 e. The first-order chi connectivity index (χ1) is 11.8. The Balaban J connectivity index is 1.84. The zero-order valence-electron chi connectivity index (χ0n) is 13.2. The lowest BCUT2D eigenvalue weighted by atomic mass is 10.3. The van der Waals surface area contributed by atoms with Gasteiger partial charge >= 0.3 is 0 Å². The van der Waals surface area contributed by atoms with E-state index in [0.717, 1.165) is 12.5 Å². The summed E-state index contributed by atoms with van der Waals surface area (Å²) < 4.78 is 65.7. The quantitative estimate of drug-likeness (QED) is 0.878. The number of nitrogens with one attached hydrogen (secondary N) is 1. The minimum atomic E-state index is -3.89. The van der Waals surface area contributed by atoms with Gasteiger partial charge in [-0.05, 0) is 55.3 Å². The maximum Gasteiger partial charge on any atom is 0.261 e. The summed E-state index contributed by atoms with van der Waals surface area (Å²) in [6.07, 6.45) is 1.39. The molecule has 1 heterocycles. The molecule has 1 N–H and O–H groups in total. The van der Waals surface area contributed by atoms with Gasteiger partial charge in [0.2, 0.25) is 10.0 Å². The van der Waals surface area contributed by atoms with Crippen LogP contribution >= 0.6 is 0 Å². The molecule has 0 atom stereocenters. The highest BCUT2D eigenvalue weighted by Gasteiger charge is 2.26. The molecule has 0 unspecified atom stereocenters. The zero-order valence-corrected chi connectivity index (χ0v) is 14.9. The Morgan fingerprint density at radius 3 is 2.40 bits per heavy atom. The number of rotatable bonds is 4. The highest BCUT2D eigenvalue weighted by molar-refractivity contribution is 7.93. The van der Waals surface area contributed by atoms with Crippen molar-refractivity contribution in [2.45, 2.75) is 17.7 Å². The normalized spacial score (nSPS) is 17.2. The van der Waals surface area contributed by atoms with Crippen molar-refractivity contribution in [3.05, 3.63) is 54.3 Å². The fourth-order valence-corrected chi connectivity index (χ4v) is 5.33. The number of halogens is 1. The summed E-state index contributed by atoms with van der Waals surface area (Å²) in [4.78, 5) is -0.0325. The fourth-order valence-electron chi connectivity index (χ4n) is 2.64. The van der Waals surface area contributed by atoms with Crippen LogP contribution in [0.1, 0.15) is 12.8 Å². The Kier molecular flexibility index (Phi) is 4.70. The van der Waals surface area contributed by atoms with E-state index in [-0.39, 0.29) is 16.3 Å². The molecule has 0 bridgehead atoms. The van der Waals surface area contributed by atoms with Gasteiger partial charge in [-0.3, -0.25) is 9.03 Å². The van der Waals surface area contributed by atoms with Gasteiger partial charge in [-0.25, -0.2) is 21.2 Å². The van der Waals surface area contributed by atoms with Crippen molar-refractivity contribution in [2.24, 2.45) is 0 Å². The largest absolute Gasteiger partial charge is 0.280 e. The molecular weight excluding hydrogens is 367 g/mol. The van der Waals surface area contributed by atoms with E-state index in [1.165, 1.54) is 46.8 Å². The van der Waals surface area contributed by atoms with Crippen LogP contribution in [0.5, 0.6) is 0 Å². The van der Waals surface area contributed by atoms with Crippen molar-refractivity contribution in [2.75, 3.05) is 21.3 Å². The third-order valence-electron chi connectivity index (χ3n) is 3.86. The molecule has 3 rings (SSSR count). The average molecular weight is 384 g/mol. The molecule has 1 fully saturated rings. The third-order valence-corrected chi connectivity index (χ3v) is 7.13. The second-order valence-corrected chi connectivity index (χ2v) is 9.40. The number of benzene rings is 2. The summed E-state index contributed by atoms with van der Waals surface area (Å²) in [5.41, 5.74) is 0.548. The third kappa shape index (κ3) is 3.93. The highest BCUT2D eigenvalue weighted by atomic mass is 32.2. The number of sulfonamides is 2. The second-order valence-electron chi connectivity index (χ2n) is 5.70. The standard InChI is InChI=1S/C16H17FN2O4S2/c17-13-4-3-5-14(12-13)18-25(22,23)16-8-6-15(7-9-16)19-10-1-2-11-24(19,20)21/h3-9,12,18H,1-2,10-11H2. The molecule has 2 aromatic carbocycles. The van der Waals surface area contributed by atoms with Gasteiger partial charge in [0.15, 0.2) is 0 Å². The van der Waals surface area contributed by atoms with Crippen LogP contribution in [0.4, 0.5) is 15.8 Å². The molecule has 0 radical (unpaired) electrons. The molecule has 6 nitrogen and oxygen atoms in total. The predicted octanol–water partition coefficient (Wildman–Crippen LogP) is 2.56. The van der Waals surface area contributed by atoms with Crippen LogP contribution in [0.3, 0.4) is 0 Å². The van der Waals surface area contributed by atoms with E-state index in [0.29, 0.717) is 18.7 Å². The summed E-state index contributed by atoms with van der Waals surface area (Å²) in [7, 11) is -7.24. The molecule has 134 valence electrons. The van der Waals surface area contributed by atoms with E-state index in [2.05, 4.69) is 4.72 Å². The highest BCUT2D eigenvalue weighted by Crippen LogP contribution is 2.25. The van der Waals surface area contributed by atoms with Gasteiger partial charge in [-0.2, -0.15) is 0 Å². The SMILES string of the molecule is O=S(=O)(Nc1cccc(F)c1)c1ccc(N2CCCCS2(=O)=O)cc1. The monoisotopic (exact) mass is 384 g/mol. The smallest absolute Gasteiger partial charge is 0.261 e. The lowest BCUT2D eigenvalue weighted by molar-refractivity contribution is 0.574. The Morgan fingerprint density at radius 2 is 1.76 bits per heavy atom. The molecule has 1 aliphatic heterocycles. The van der Waals surface area contributed by atoms with Crippen LogP contribution < -0.4 is 9.03 Å². The number of hydrogen-bond acceptors (Lipinski definition) is 4. The van der Waals surface area contributed by atoms with Gasteiger partial charge in [-0.1, -0.05) is 6.07 Å². The summed E-state index contributed by atoms with van der Waals surface area (Å²) in [5, 5.41) is 0. The molecule has 9 heteroatoms. The van der Waals surface area contributed by atoms with Crippen molar-refractivity contribution in [3.8, 4) is 0 Å². The Bertz CT molecular complexity index is 973. The lowest BCUT2D eigenvalue weighted by Gasteiger charge is -2.28. The Morgan fingerprint density at radius 1 is 1.04 bits per heavy atom. The first-order valence-electron chi connectivity index (χ1n) is 7.67. The summed E-state index contributed by atoms with van der Waals surface area (Å²) in [6, 6.07) is 10.7. The average Bonchev–Trinajstić information content (AvgIpc) is 2.54.